The molecular formula is C10H14N2O2. The summed E-state index contributed by atoms with van der Waals surface area (Å²) in [5, 5.41) is 3.65. The maximum atomic E-state index is 11.9. The van der Waals surface area contributed by atoms with E-state index >= 15 is 0 Å². The fourth-order valence-corrected chi connectivity index (χ4v) is 2.05. The predicted octanol–water partition coefficient (Wildman–Crippen LogP) is 1.55. The molecule has 0 spiro atoms. The van der Waals surface area contributed by atoms with E-state index in [4.69, 9.17) is 0 Å². The van der Waals surface area contributed by atoms with Gasteiger partial charge in [-0.2, -0.15) is 0 Å². The van der Waals surface area contributed by atoms with Crippen LogP contribution >= 0.6 is 0 Å². The van der Waals surface area contributed by atoms with Crippen LogP contribution in [0.2, 0.25) is 0 Å². The molecule has 0 N–H and O–H groups in total. The van der Waals surface area contributed by atoms with Gasteiger partial charge in [0.2, 0.25) is 0 Å². The normalized spacial score (nSPS) is 26.9. The second-order valence-corrected chi connectivity index (χ2v) is 4.03. The zero-order valence-electron chi connectivity index (χ0n) is 8.43. The summed E-state index contributed by atoms with van der Waals surface area (Å²) in [4.78, 5) is 13.7. The van der Waals surface area contributed by atoms with Gasteiger partial charge in [0.15, 0.2) is 5.69 Å². The molecule has 76 valence electrons. The van der Waals surface area contributed by atoms with Gasteiger partial charge in [-0.3, -0.25) is 4.79 Å². The molecule has 1 saturated heterocycles. The van der Waals surface area contributed by atoms with Crippen LogP contribution in [-0.4, -0.2) is 28.6 Å². The Morgan fingerprint density at radius 1 is 1.64 bits per heavy atom. The minimum Gasteiger partial charge on any atom is -0.364 e. The summed E-state index contributed by atoms with van der Waals surface area (Å²) in [6.07, 6.45) is 2.50. The topological polar surface area (TPSA) is 46.3 Å². The number of carbonyl (C=O) groups excluding carboxylic acids is 1. The van der Waals surface area contributed by atoms with Crippen molar-refractivity contribution >= 4 is 5.91 Å². The van der Waals surface area contributed by atoms with Gasteiger partial charge >= 0.3 is 0 Å². The van der Waals surface area contributed by atoms with Crippen LogP contribution in [0.1, 0.15) is 30.8 Å². The zero-order valence-corrected chi connectivity index (χ0v) is 8.43. The number of rotatable bonds is 1. The van der Waals surface area contributed by atoms with Crippen molar-refractivity contribution in [2.45, 2.75) is 26.3 Å². The Kier molecular flexibility index (Phi) is 2.27. The van der Waals surface area contributed by atoms with E-state index in [1.165, 1.54) is 6.26 Å². The lowest BCUT2D eigenvalue weighted by Crippen LogP contribution is -2.34. The summed E-state index contributed by atoms with van der Waals surface area (Å²) in [6, 6.07) is 1.92. The number of hydrogen-bond donors (Lipinski definition) is 0. The molecule has 2 unspecified atom stereocenters. The third-order valence-electron chi connectivity index (χ3n) is 2.70. The molecule has 1 aromatic rings. The SMILES string of the molecule is CC1CC(C)N(C(=O)c2ccon2)C1. The first-order valence-electron chi connectivity index (χ1n) is 4.90. The standard InChI is InChI=1S/C10H14N2O2/c1-7-5-8(2)12(6-7)10(13)9-3-4-14-11-9/h3-4,7-8H,5-6H2,1-2H3. The molecule has 2 rings (SSSR count). The predicted molar refractivity (Wildman–Crippen MR) is 50.8 cm³/mol. The Balaban J connectivity index is 2.13. The molecule has 0 bridgehead atoms. The van der Waals surface area contributed by atoms with Gasteiger partial charge in [-0.05, 0) is 19.3 Å². The van der Waals surface area contributed by atoms with Crippen LogP contribution in [-0.2, 0) is 0 Å². The van der Waals surface area contributed by atoms with Crippen LogP contribution in [0.25, 0.3) is 0 Å². The van der Waals surface area contributed by atoms with Gasteiger partial charge in [0.1, 0.15) is 6.26 Å². The number of likely N-dealkylation sites (tertiary alicyclic amines) is 1. The first-order chi connectivity index (χ1) is 6.68. The maximum Gasteiger partial charge on any atom is 0.276 e. The van der Waals surface area contributed by atoms with Gasteiger partial charge in [-0.1, -0.05) is 12.1 Å². The van der Waals surface area contributed by atoms with Crippen molar-refractivity contribution in [3.63, 3.8) is 0 Å². The van der Waals surface area contributed by atoms with Crippen LogP contribution < -0.4 is 0 Å². The number of carbonyl (C=O) groups is 1. The average molecular weight is 194 g/mol. The molecule has 14 heavy (non-hydrogen) atoms. The highest BCUT2D eigenvalue weighted by molar-refractivity contribution is 5.92. The van der Waals surface area contributed by atoms with Gasteiger partial charge in [0.25, 0.3) is 5.91 Å². The largest absolute Gasteiger partial charge is 0.364 e. The summed E-state index contributed by atoms with van der Waals surface area (Å²) in [7, 11) is 0. The van der Waals surface area contributed by atoms with Gasteiger partial charge in [0, 0.05) is 18.7 Å². The van der Waals surface area contributed by atoms with Gasteiger partial charge in [-0.25, -0.2) is 0 Å². The highest BCUT2D eigenvalue weighted by atomic mass is 16.5. The number of amides is 1. The number of hydrogen-bond acceptors (Lipinski definition) is 3. The molecule has 1 aliphatic rings. The quantitative estimate of drug-likeness (QED) is 0.681. The maximum absolute atomic E-state index is 11.9. The lowest BCUT2D eigenvalue weighted by Gasteiger charge is -2.19. The Hall–Kier alpha value is -1.32. The van der Waals surface area contributed by atoms with Crippen LogP contribution in [0.4, 0.5) is 0 Å². The molecule has 0 saturated carbocycles. The number of nitrogens with zero attached hydrogens (tertiary/aromatic N) is 2. The van der Waals surface area contributed by atoms with E-state index in [1.807, 2.05) is 4.90 Å². The average Bonchev–Trinajstić information content (AvgIpc) is 2.73. The van der Waals surface area contributed by atoms with Crippen LogP contribution in [0, 0.1) is 5.92 Å². The Morgan fingerprint density at radius 3 is 2.93 bits per heavy atom. The Labute approximate surface area is 82.9 Å². The highest BCUT2D eigenvalue weighted by Crippen LogP contribution is 2.23. The van der Waals surface area contributed by atoms with Crippen molar-refractivity contribution in [2.75, 3.05) is 6.54 Å². The van der Waals surface area contributed by atoms with Crippen molar-refractivity contribution in [1.82, 2.24) is 10.1 Å². The third kappa shape index (κ3) is 1.52. The second kappa shape index (κ2) is 3.44. The molecule has 1 fully saturated rings. The first-order valence-corrected chi connectivity index (χ1v) is 4.90. The van der Waals surface area contributed by atoms with E-state index < -0.39 is 0 Å². The molecule has 0 radical (unpaired) electrons. The fraction of sp³-hybridized carbons (Fsp3) is 0.600. The van der Waals surface area contributed by atoms with Gasteiger partial charge < -0.3 is 9.42 Å². The molecule has 4 heteroatoms. The molecule has 2 atom stereocenters. The lowest BCUT2D eigenvalue weighted by molar-refractivity contribution is 0.0733. The summed E-state index contributed by atoms with van der Waals surface area (Å²) >= 11 is 0. The summed E-state index contributed by atoms with van der Waals surface area (Å²) < 4.78 is 4.66. The van der Waals surface area contributed by atoms with Crippen LogP contribution in [0.3, 0.4) is 0 Å². The monoisotopic (exact) mass is 194 g/mol. The Bertz CT molecular complexity index is 321. The smallest absolute Gasteiger partial charge is 0.276 e. The number of aromatic nitrogens is 1. The van der Waals surface area contributed by atoms with Crippen molar-refractivity contribution < 1.29 is 9.32 Å². The van der Waals surface area contributed by atoms with E-state index in [0.29, 0.717) is 17.7 Å². The van der Waals surface area contributed by atoms with Gasteiger partial charge in [-0.15, -0.1) is 0 Å². The van der Waals surface area contributed by atoms with Crippen molar-refractivity contribution in [2.24, 2.45) is 5.92 Å². The minimum atomic E-state index is -0.0180. The van der Waals surface area contributed by atoms with E-state index in [9.17, 15) is 4.79 Å². The van der Waals surface area contributed by atoms with Crippen LogP contribution in [0.15, 0.2) is 16.9 Å². The second-order valence-electron chi connectivity index (χ2n) is 4.03. The van der Waals surface area contributed by atoms with Crippen molar-refractivity contribution in [3.8, 4) is 0 Å². The van der Waals surface area contributed by atoms with Crippen LogP contribution in [0.5, 0.6) is 0 Å². The molecule has 1 aliphatic heterocycles. The summed E-state index contributed by atoms with van der Waals surface area (Å²) in [5.74, 6) is 0.566. The van der Waals surface area contributed by atoms with Crippen molar-refractivity contribution in [1.29, 1.82) is 0 Å². The summed E-state index contributed by atoms with van der Waals surface area (Å²) in [6.45, 7) is 5.06. The molecule has 4 nitrogen and oxygen atoms in total. The molecule has 0 aliphatic carbocycles. The van der Waals surface area contributed by atoms with E-state index in [1.54, 1.807) is 6.07 Å². The zero-order chi connectivity index (χ0) is 10.1. The molecular weight excluding hydrogens is 180 g/mol. The van der Waals surface area contributed by atoms with E-state index in [-0.39, 0.29) is 5.91 Å². The third-order valence-corrected chi connectivity index (χ3v) is 2.70. The minimum absolute atomic E-state index is 0.0180. The lowest BCUT2D eigenvalue weighted by atomic mass is 10.1. The summed E-state index contributed by atoms with van der Waals surface area (Å²) in [5.41, 5.74) is 0.408. The molecule has 2 heterocycles. The van der Waals surface area contributed by atoms with E-state index in [0.717, 1.165) is 13.0 Å². The molecule has 1 aromatic heterocycles. The first kappa shape index (κ1) is 9.24. The van der Waals surface area contributed by atoms with E-state index in [2.05, 4.69) is 23.5 Å². The molecule has 1 amide bonds. The van der Waals surface area contributed by atoms with Crippen molar-refractivity contribution in [3.05, 3.63) is 18.0 Å². The highest BCUT2D eigenvalue weighted by Gasteiger charge is 2.31. The Morgan fingerprint density at radius 2 is 2.43 bits per heavy atom. The van der Waals surface area contributed by atoms with Gasteiger partial charge in [0.05, 0.1) is 0 Å². The fourth-order valence-electron chi connectivity index (χ4n) is 2.05. The molecule has 0 aromatic carbocycles.